The Bertz CT molecular complexity index is 1110. The third kappa shape index (κ3) is 4.36. The summed E-state index contributed by atoms with van der Waals surface area (Å²) in [5, 5.41) is 8.73. The number of fused-ring (bicyclic) bond motifs is 3. The van der Waals surface area contributed by atoms with Gasteiger partial charge in [-0.25, -0.2) is 4.79 Å². The van der Waals surface area contributed by atoms with Crippen molar-refractivity contribution in [2.24, 2.45) is 0 Å². The molecule has 3 N–H and O–H groups in total. The van der Waals surface area contributed by atoms with Crippen LogP contribution in [0.4, 0.5) is 16.2 Å². The summed E-state index contributed by atoms with van der Waals surface area (Å²) in [6.45, 7) is -0.203. The fourth-order valence-corrected chi connectivity index (χ4v) is 3.68. The Labute approximate surface area is 178 Å². The van der Waals surface area contributed by atoms with E-state index in [-0.39, 0.29) is 6.54 Å². The summed E-state index contributed by atoms with van der Waals surface area (Å²) in [6, 6.07) is 18.4. The molecular formula is C22H17Cl2N3O2. The van der Waals surface area contributed by atoms with E-state index in [9.17, 15) is 9.59 Å². The second kappa shape index (κ2) is 8.15. The van der Waals surface area contributed by atoms with Crippen molar-refractivity contribution < 1.29 is 9.59 Å². The largest absolute Gasteiger partial charge is 0.329 e. The fraction of sp³-hybridized carbons (Fsp3) is 0.0909. The number of carbonyl (C=O) groups excluding carboxylic acids is 2. The number of anilines is 2. The van der Waals surface area contributed by atoms with Crippen LogP contribution in [0.2, 0.25) is 10.0 Å². The number of nitrogens with one attached hydrogen (secondary N) is 3. The van der Waals surface area contributed by atoms with Crippen molar-refractivity contribution in [2.75, 3.05) is 17.2 Å². The monoisotopic (exact) mass is 425 g/mol. The van der Waals surface area contributed by atoms with Gasteiger partial charge in [-0.3, -0.25) is 4.79 Å². The van der Waals surface area contributed by atoms with Crippen molar-refractivity contribution in [1.29, 1.82) is 0 Å². The predicted molar refractivity (Wildman–Crippen MR) is 117 cm³/mol. The van der Waals surface area contributed by atoms with E-state index in [1.54, 1.807) is 18.2 Å². The molecule has 0 unspecified atom stereocenters. The molecule has 3 amide bonds. The van der Waals surface area contributed by atoms with Crippen LogP contribution in [-0.4, -0.2) is 18.5 Å². The lowest BCUT2D eigenvalue weighted by molar-refractivity contribution is -0.115. The Morgan fingerprint density at radius 1 is 0.862 bits per heavy atom. The predicted octanol–water partition coefficient (Wildman–Crippen LogP) is 5.32. The number of urea groups is 1. The zero-order chi connectivity index (χ0) is 20.4. The molecule has 3 aromatic rings. The number of halogens is 2. The van der Waals surface area contributed by atoms with Crippen LogP contribution < -0.4 is 16.0 Å². The van der Waals surface area contributed by atoms with Crippen LogP contribution >= 0.6 is 23.2 Å². The molecule has 3 aromatic carbocycles. The summed E-state index contributed by atoms with van der Waals surface area (Å²) in [5.41, 5.74) is 5.92. The van der Waals surface area contributed by atoms with Crippen molar-refractivity contribution in [3.8, 4) is 11.1 Å². The Hall–Kier alpha value is -3.02. The first-order valence-corrected chi connectivity index (χ1v) is 9.76. The van der Waals surface area contributed by atoms with Gasteiger partial charge in [0, 0.05) is 10.7 Å². The number of rotatable bonds is 4. The Morgan fingerprint density at radius 3 is 2.52 bits per heavy atom. The molecule has 0 aromatic heterocycles. The second-order valence-electron chi connectivity index (χ2n) is 6.69. The maximum Gasteiger partial charge on any atom is 0.319 e. The molecule has 0 spiro atoms. The third-order valence-corrected chi connectivity index (χ3v) is 5.23. The van der Waals surface area contributed by atoms with Gasteiger partial charge < -0.3 is 16.0 Å². The molecule has 146 valence electrons. The molecule has 5 nitrogen and oxygen atoms in total. The van der Waals surface area contributed by atoms with Gasteiger partial charge in [-0.2, -0.15) is 0 Å². The summed E-state index contributed by atoms with van der Waals surface area (Å²) >= 11 is 11.9. The highest BCUT2D eigenvalue weighted by Crippen LogP contribution is 2.37. The molecule has 29 heavy (non-hydrogen) atoms. The molecule has 7 heteroatoms. The molecule has 0 bridgehead atoms. The van der Waals surface area contributed by atoms with Crippen LogP contribution in [0.1, 0.15) is 11.1 Å². The molecule has 0 radical (unpaired) electrons. The Kier molecular flexibility index (Phi) is 5.43. The molecular weight excluding hydrogens is 409 g/mol. The summed E-state index contributed by atoms with van der Waals surface area (Å²) in [7, 11) is 0. The topological polar surface area (TPSA) is 70.2 Å². The first kappa shape index (κ1) is 19.3. The lowest BCUT2D eigenvalue weighted by atomic mass is 10.1. The van der Waals surface area contributed by atoms with Crippen molar-refractivity contribution in [2.45, 2.75) is 6.42 Å². The minimum absolute atomic E-state index is 0.203. The van der Waals surface area contributed by atoms with Gasteiger partial charge in [-0.1, -0.05) is 53.5 Å². The van der Waals surface area contributed by atoms with E-state index in [0.29, 0.717) is 21.4 Å². The average molecular weight is 426 g/mol. The van der Waals surface area contributed by atoms with E-state index in [2.05, 4.69) is 28.1 Å². The SMILES string of the molecule is O=C(CNC(=O)Nc1ccc2c(c1)Cc1ccccc1-2)Nc1cc(Cl)ccc1Cl. The lowest BCUT2D eigenvalue weighted by Gasteiger charge is -2.10. The Morgan fingerprint density at radius 2 is 1.66 bits per heavy atom. The molecule has 1 aliphatic carbocycles. The average Bonchev–Trinajstić information content (AvgIpc) is 3.07. The normalized spacial score (nSPS) is 11.4. The first-order valence-electron chi connectivity index (χ1n) is 9.00. The molecule has 0 heterocycles. The van der Waals surface area contributed by atoms with Gasteiger partial charge in [0.25, 0.3) is 0 Å². The van der Waals surface area contributed by atoms with E-state index in [1.807, 2.05) is 30.3 Å². The highest BCUT2D eigenvalue weighted by molar-refractivity contribution is 6.35. The zero-order valence-electron chi connectivity index (χ0n) is 15.3. The highest BCUT2D eigenvalue weighted by Gasteiger charge is 2.18. The van der Waals surface area contributed by atoms with E-state index in [0.717, 1.165) is 12.0 Å². The first-order chi connectivity index (χ1) is 14.0. The van der Waals surface area contributed by atoms with Gasteiger partial charge in [0.15, 0.2) is 0 Å². The van der Waals surface area contributed by atoms with E-state index in [1.165, 1.54) is 16.7 Å². The standard InChI is InChI=1S/C22H17Cl2N3O2/c23-15-5-8-19(24)20(11-15)27-21(28)12-25-22(29)26-16-6-7-18-14(10-16)9-13-3-1-2-4-17(13)18/h1-8,10-11H,9,12H2,(H,27,28)(H2,25,26,29). The van der Waals surface area contributed by atoms with Gasteiger partial charge in [-0.05, 0) is 59.0 Å². The van der Waals surface area contributed by atoms with Crippen molar-refractivity contribution in [3.63, 3.8) is 0 Å². The lowest BCUT2D eigenvalue weighted by Crippen LogP contribution is -2.35. The fourth-order valence-electron chi connectivity index (χ4n) is 3.35. The third-order valence-electron chi connectivity index (χ3n) is 4.66. The number of amides is 3. The van der Waals surface area contributed by atoms with Crippen LogP contribution in [0.5, 0.6) is 0 Å². The van der Waals surface area contributed by atoms with Gasteiger partial charge in [-0.15, -0.1) is 0 Å². The molecule has 0 atom stereocenters. The van der Waals surface area contributed by atoms with Crippen molar-refractivity contribution in [1.82, 2.24) is 5.32 Å². The van der Waals surface area contributed by atoms with Crippen LogP contribution in [0.25, 0.3) is 11.1 Å². The van der Waals surface area contributed by atoms with Gasteiger partial charge in [0.2, 0.25) is 5.91 Å². The van der Waals surface area contributed by atoms with Crippen LogP contribution in [0.15, 0.2) is 60.7 Å². The highest BCUT2D eigenvalue weighted by atomic mass is 35.5. The molecule has 0 aliphatic heterocycles. The van der Waals surface area contributed by atoms with E-state index in [4.69, 9.17) is 23.2 Å². The molecule has 1 aliphatic rings. The molecule has 0 fully saturated rings. The minimum Gasteiger partial charge on any atom is -0.329 e. The molecule has 0 saturated heterocycles. The molecule has 4 rings (SSSR count). The quantitative estimate of drug-likeness (QED) is 0.413. The van der Waals surface area contributed by atoms with Gasteiger partial charge in [0.05, 0.1) is 17.3 Å². The van der Waals surface area contributed by atoms with E-state index >= 15 is 0 Å². The van der Waals surface area contributed by atoms with Crippen LogP contribution in [-0.2, 0) is 11.2 Å². The van der Waals surface area contributed by atoms with Crippen LogP contribution in [0, 0.1) is 0 Å². The van der Waals surface area contributed by atoms with Crippen molar-refractivity contribution >= 4 is 46.5 Å². The maximum atomic E-state index is 12.2. The van der Waals surface area contributed by atoms with Crippen molar-refractivity contribution in [3.05, 3.63) is 81.8 Å². The molecule has 0 saturated carbocycles. The minimum atomic E-state index is -0.465. The second-order valence-corrected chi connectivity index (χ2v) is 7.53. The Balaban J connectivity index is 1.33. The van der Waals surface area contributed by atoms with Gasteiger partial charge >= 0.3 is 6.03 Å². The summed E-state index contributed by atoms with van der Waals surface area (Å²) in [6.07, 6.45) is 0.839. The number of benzene rings is 3. The zero-order valence-corrected chi connectivity index (χ0v) is 16.8. The summed E-state index contributed by atoms with van der Waals surface area (Å²) in [4.78, 5) is 24.2. The number of hydrogen-bond acceptors (Lipinski definition) is 2. The van der Waals surface area contributed by atoms with Gasteiger partial charge in [0.1, 0.15) is 0 Å². The maximum absolute atomic E-state index is 12.2. The smallest absolute Gasteiger partial charge is 0.319 e. The number of carbonyl (C=O) groups is 2. The van der Waals surface area contributed by atoms with Crippen LogP contribution in [0.3, 0.4) is 0 Å². The summed E-state index contributed by atoms with van der Waals surface area (Å²) < 4.78 is 0. The number of hydrogen-bond donors (Lipinski definition) is 3. The summed E-state index contributed by atoms with van der Waals surface area (Å²) in [5.74, 6) is -0.409. The van der Waals surface area contributed by atoms with E-state index < -0.39 is 11.9 Å².